The van der Waals surface area contributed by atoms with Crippen molar-refractivity contribution in [2.45, 2.75) is 25.0 Å². The van der Waals surface area contributed by atoms with Gasteiger partial charge < -0.3 is 4.74 Å². The molecule has 0 amide bonds. The number of hydrogen-bond donors (Lipinski definition) is 0. The number of methoxy groups -OCH3 is 1. The van der Waals surface area contributed by atoms with Crippen LogP contribution in [0.5, 0.6) is 5.75 Å². The second-order valence-electron chi connectivity index (χ2n) is 6.24. The number of nitrogens with zero attached hydrogens (tertiary/aromatic N) is 2. The summed E-state index contributed by atoms with van der Waals surface area (Å²) in [6.07, 6.45) is 0. The van der Waals surface area contributed by atoms with E-state index in [1.54, 1.807) is 34.9 Å². The molecule has 0 aliphatic carbocycles. The molecule has 27 heavy (non-hydrogen) atoms. The number of aromatic nitrogens is 2. The zero-order chi connectivity index (χ0) is 19.6. The van der Waals surface area contributed by atoms with Gasteiger partial charge in [0, 0.05) is 11.6 Å². The lowest BCUT2D eigenvalue weighted by Gasteiger charge is -2.16. The predicted octanol–water partition coefficient (Wildman–Crippen LogP) is 4.61. The van der Waals surface area contributed by atoms with Gasteiger partial charge in [-0.2, -0.15) is 0 Å². The summed E-state index contributed by atoms with van der Waals surface area (Å²) < 4.78 is 6.73. The summed E-state index contributed by atoms with van der Waals surface area (Å²) in [5.41, 5.74) is 1.02. The summed E-state index contributed by atoms with van der Waals surface area (Å²) >= 11 is 7.35. The Morgan fingerprint density at radius 1 is 1.26 bits per heavy atom. The molecule has 1 heterocycles. The van der Waals surface area contributed by atoms with E-state index in [1.165, 1.54) is 18.9 Å². The molecule has 7 heteroatoms. The van der Waals surface area contributed by atoms with Crippen LogP contribution in [0.15, 0.2) is 52.4 Å². The Morgan fingerprint density at radius 2 is 2.00 bits per heavy atom. The van der Waals surface area contributed by atoms with Gasteiger partial charge in [-0.15, -0.1) is 0 Å². The Bertz CT molecular complexity index is 1060. The number of hydrogen-bond acceptors (Lipinski definition) is 5. The Kier molecular flexibility index (Phi) is 5.87. The van der Waals surface area contributed by atoms with Crippen molar-refractivity contribution in [2.75, 3.05) is 12.9 Å². The van der Waals surface area contributed by atoms with Crippen molar-refractivity contribution in [3.63, 3.8) is 0 Å². The summed E-state index contributed by atoms with van der Waals surface area (Å²) in [5, 5.41) is 1.49. The number of thioether (sulfide) groups is 1. The van der Waals surface area contributed by atoms with Crippen LogP contribution in [-0.2, 0) is 0 Å². The highest BCUT2D eigenvalue weighted by Gasteiger charge is 2.16. The Labute approximate surface area is 166 Å². The monoisotopic (exact) mass is 402 g/mol. The molecule has 0 N–H and O–H groups in total. The summed E-state index contributed by atoms with van der Waals surface area (Å²) in [6, 6.07) is 12.1. The summed E-state index contributed by atoms with van der Waals surface area (Å²) in [5.74, 6) is 0.577. The average molecular weight is 403 g/mol. The molecule has 0 saturated carbocycles. The molecule has 0 aliphatic rings. The molecule has 0 atom stereocenters. The number of carbonyl (C=O) groups excluding carboxylic acids is 1. The molecule has 0 spiro atoms. The molecule has 5 nitrogen and oxygen atoms in total. The molecule has 0 radical (unpaired) electrons. The van der Waals surface area contributed by atoms with E-state index in [-0.39, 0.29) is 23.1 Å². The first-order valence-corrected chi connectivity index (χ1v) is 9.79. The number of halogens is 1. The van der Waals surface area contributed by atoms with Gasteiger partial charge in [0.2, 0.25) is 0 Å². The highest BCUT2D eigenvalue weighted by atomic mass is 35.5. The van der Waals surface area contributed by atoms with Crippen LogP contribution < -0.4 is 10.3 Å². The van der Waals surface area contributed by atoms with Crippen LogP contribution in [0.4, 0.5) is 0 Å². The van der Waals surface area contributed by atoms with E-state index in [2.05, 4.69) is 4.98 Å². The summed E-state index contributed by atoms with van der Waals surface area (Å²) in [6.45, 7) is 3.85. The van der Waals surface area contributed by atoms with Gasteiger partial charge in [-0.3, -0.25) is 14.2 Å². The maximum atomic E-state index is 12.8. The summed E-state index contributed by atoms with van der Waals surface area (Å²) in [4.78, 5) is 30.0. The predicted molar refractivity (Wildman–Crippen MR) is 109 cm³/mol. The van der Waals surface area contributed by atoms with E-state index in [1.807, 2.05) is 26.0 Å². The fraction of sp³-hybridized carbons (Fsp3) is 0.250. The highest BCUT2D eigenvalue weighted by Crippen LogP contribution is 2.27. The van der Waals surface area contributed by atoms with Crippen molar-refractivity contribution < 1.29 is 9.53 Å². The number of fused-ring (bicyclic) bond motifs is 1. The zero-order valence-corrected chi connectivity index (χ0v) is 16.8. The average Bonchev–Trinajstić information content (AvgIpc) is 2.65. The van der Waals surface area contributed by atoms with Gasteiger partial charge in [0.25, 0.3) is 5.56 Å². The van der Waals surface area contributed by atoms with Gasteiger partial charge in [-0.05, 0) is 44.2 Å². The zero-order valence-electron chi connectivity index (χ0n) is 15.2. The third-order valence-corrected chi connectivity index (χ3v) is 5.35. The molecule has 0 saturated heterocycles. The highest BCUT2D eigenvalue weighted by molar-refractivity contribution is 7.99. The lowest BCUT2D eigenvalue weighted by atomic mass is 10.1. The summed E-state index contributed by atoms with van der Waals surface area (Å²) in [7, 11) is 1.52. The van der Waals surface area contributed by atoms with E-state index in [4.69, 9.17) is 16.3 Å². The van der Waals surface area contributed by atoms with E-state index in [9.17, 15) is 9.59 Å². The normalized spacial score (nSPS) is 11.1. The second kappa shape index (κ2) is 8.15. The van der Waals surface area contributed by atoms with Crippen molar-refractivity contribution in [1.29, 1.82) is 0 Å². The van der Waals surface area contributed by atoms with Crippen molar-refractivity contribution in [2.24, 2.45) is 0 Å². The molecular weight excluding hydrogens is 384 g/mol. The second-order valence-corrected chi connectivity index (χ2v) is 7.59. The van der Waals surface area contributed by atoms with E-state index in [0.29, 0.717) is 32.4 Å². The minimum absolute atomic E-state index is 0.0670. The molecule has 0 unspecified atom stereocenters. The van der Waals surface area contributed by atoms with Crippen LogP contribution in [0.1, 0.15) is 30.2 Å². The van der Waals surface area contributed by atoms with Crippen LogP contribution in [0.3, 0.4) is 0 Å². The van der Waals surface area contributed by atoms with Crippen molar-refractivity contribution in [1.82, 2.24) is 9.55 Å². The third-order valence-electron chi connectivity index (χ3n) is 4.10. The van der Waals surface area contributed by atoms with Crippen molar-refractivity contribution in [3.05, 3.63) is 63.4 Å². The topological polar surface area (TPSA) is 61.2 Å². The van der Waals surface area contributed by atoms with Gasteiger partial charge in [-0.1, -0.05) is 35.5 Å². The van der Waals surface area contributed by atoms with E-state index < -0.39 is 0 Å². The maximum absolute atomic E-state index is 12.8. The molecule has 3 aromatic rings. The van der Waals surface area contributed by atoms with Crippen LogP contribution in [0.25, 0.3) is 10.9 Å². The molecule has 3 rings (SSSR count). The number of ether oxygens (including phenoxy) is 1. The van der Waals surface area contributed by atoms with Gasteiger partial charge in [0.1, 0.15) is 5.75 Å². The first-order valence-electron chi connectivity index (χ1n) is 8.43. The lowest BCUT2D eigenvalue weighted by Crippen LogP contribution is -2.25. The fourth-order valence-electron chi connectivity index (χ4n) is 2.74. The number of rotatable bonds is 6. The molecule has 1 aromatic heterocycles. The van der Waals surface area contributed by atoms with Gasteiger partial charge in [-0.25, -0.2) is 4.98 Å². The van der Waals surface area contributed by atoms with Gasteiger partial charge in [0.05, 0.1) is 28.8 Å². The molecule has 0 fully saturated rings. The number of para-hydroxylation sites is 1. The Morgan fingerprint density at radius 3 is 2.67 bits per heavy atom. The van der Waals surface area contributed by atoms with Gasteiger partial charge >= 0.3 is 0 Å². The van der Waals surface area contributed by atoms with Crippen LogP contribution in [-0.4, -0.2) is 28.2 Å². The number of carbonyl (C=O) groups is 1. The van der Waals surface area contributed by atoms with Crippen LogP contribution in [0, 0.1) is 0 Å². The molecule has 0 aliphatic heterocycles. The molecule has 2 aromatic carbocycles. The maximum Gasteiger partial charge on any atom is 0.262 e. The first kappa shape index (κ1) is 19.5. The third kappa shape index (κ3) is 4.01. The Hall–Kier alpha value is -2.31. The van der Waals surface area contributed by atoms with Crippen LogP contribution >= 0.6 is 23.4 Å². The van der Waals surface area contributed by atoms with Crippen molar-refractivity contribution >= 4 is 40.0 Å². The van der Waals surface area contributed by atoms with Crippen LogP contribution in [0.2, 0.25) is 5.02 Å². The lowest BCUT2D eigenvalue weighted by molar-refractivity contribution is 0.102. The number of ketones is 1. The largest absolute Gasteiger partial charge is 0.495 e. The standard InChI is InChI=1S/C20H19ClN2O3S/c1-12(2)23-19(25)14-6-4-5-7-16(14)22-20(23)27-11-17(24)13-8-9-18(26-3)15(21)10-13/h4-10,12H,11H2,1-3H3. The van der Waals surface area contributed by atoms with Crippen molar-refractivity contribution in [3.8, 4) is 5.75 Å². The first-order chi connectivity index (χ1) is 12.9. The molecular formula is C20H19ClN2O3S. The Balaban J connectivity index is 1.90. The minimum Gasteiger partial charge on any atom is -0.495 e. The quantitative estimate of drug-likeness (QED) is 0.342. The fourth-order valence-corrected chi connectivity index (χ4v) is 4.02. The number of benzene rings is 2. The van der Waals surface area contributed by atoms with E-state index >= 15 is 0 Å². The van der Waals surface area contributed by atoms with Gasteiger partial charge in [0.15, 0.2) is 10.9 Å². The minimum atomic E-state index is -0.0990. The van der Waals surface area contributed by atoms with E-state index in [0.717, 1.165) is 0 Å². The molecule has 0 bridgehead atoms. The smallest absolute Gasteiger partial charge is 0.262 e. The molecule has 140 valence electrons. The SMILES string of the molecule is COc1ccc(C(=O)CSc2nc3ccccc3c(=O)n2C(C)C)cc1Cl. The number of Topliss-reactive ketones (excluding diaryl/α,β-unsaturated/α-hetero) is 1.